The average molecular weight is 288 g/mol. The molecule has 2 heterocycles. The van der Waals surface area contributed by atoms with Gasteiger partial charge in [-0.25, -0.2) is 0 Å². The summed E-state index contributed by atoms with van der Waals surface area (Å²) in [6.07, 6.45) is 2.70. The summed E-state index contributed by atoms with van der Waals surface area (Å²) in [6.45, 7) is 7.72. The van der Waals surface area contributed by atoms with Crippen molar-refractivity contribution < 1.29 is 14.6 Å². The molecule has 4 unspecified atom stereocenters. The van der Waals surface area contributed by atoms with Crippen LogP contribution in [0.5, 0.6) is 0 Å². The van der Waals surface area contributed by atoms with Crippen LogP contribution >= 0.6 is 11.8 Å². The summed E-state index contributed by atoms with van der Waals surface area (Å²) in [5, 5.41) is 10.7. The second kappa shape index (κ2) is 6.79. The molecule has 1 N–H and O–H groups in total. The standard InChI is InChI=1S/C15H28O3S/c1-4-17-14(11(2)3)13(16)12-5-7-18-15(9-12)6-8-19-10-15/h11-14,16H,4-10H2,1-3H3. The first-order chi connectivity index (χ1) is 9.08. The average Bonchev–Trinajstić information content (AvgIpc) is 2.83. The number of aliphatic hydroxyl groups excluding tert-OH is 1. The van der Waals surface area contributed by atoms with Crippen molar-refractivity contribution in [3.63, 3.8) is 0 Å². The van der Waals surface area contributed by atoms with Gasteiger partial charge in [-0.1, -0.05) is 13.8 Å². The van der Waals surface area contributed by atoms with Crippen LogP contribution in [0, 0.1) is 11.8 Å². The molecule has 2 aliphatic heterocycles. The Kier molecular flexibility index (Phi) is 5.58. The molecule has 0 aromatic heterocycles. The first-order valence-electron chi connectivity index (χ1n) is 7.59. The van der Waals surface area contributed by atoms with E-state index in [1.54, 1.807) is 0 Å². The van der Waals surface area contributed by atoms with Crippen LogP contribution in [0.2, 0.25) is 0 Å². The molecule has 2 aliphatic rings. The minimum Gasteiger partial charge on any atom is -0.390 e. The fourth-order valence-corrected chi connectivity index (χ4v) is 4.74. The minimum absolute atomic E-state index is 0.0424. The maximum absolute atomic E-state index is 10.7. The fourth-order valence-electron chi connectivity index (χ4n) is 3.37. The van der Waals surface area contributed by atoms with Gasteiger partial charge in [-0.05, 0) is 43.8 Å². The Labute approximate surface area is 121 Å². The highest BCUT2D eigenvalue weighted by Gasteiger charge is 2.44. The molecular weight excluding hydrogens is 260 g/mol. The van der Waals surface area contributed by atoms with E-state index in [9.17, 15) is 5.11 Å². The fraction of sp³-hybridized carbons (Fsp3) is 1.00. The van der Waals surface area contributed by atoms with E-state index in [4.69, 9.17) is 9.47 Å². The molecule has 1 spiro atoms. The molecule has 0 aromatic rings. The Bertz CT molecular complexity index is 277. The van der Waals surface area contributed by atoms with Gasteiger partial charge >= 0.3 is 0 Å². The molecule has 0 saturated carbocycles. The highest BCUT2D eigenvalue weighted by Crippen LogP contribution is 2.42. The topological polar surface area (TPSA) is 38.7 Å². The predicted octanol–water partition coefficient (Wildman–Crippen LogP) is 2.71. The lowest BCUT2D eigenvalue weighted by Crippen LogP contribution is -2.47. The monoisotopic (exact) mass is 288 g/mol. The molecule has 3 nitrogen and oxygen atoms in total. The lowest BCUT2D eigenvalue weighted by atomic mass is 9.79. The number of hydrogen-bond acceptors (Lipinski definition) is 4. The highest BCUT2D eigenvalue weighted by molar-refractivity contribution is 7.99. The van der Waals surface area contributed by atoms with Gasteiger partial charge in [-0.3, -0.25) is 0 Å². The van der Waals surface area contributed by atoms with Crippen molar-refractivity contribution in [1.29, 1.82) is 0 Å². The van der Waals surface area contributed by atoms with Crippen molar-refractivity contribution in [1.82, 2.24) is 0 Å². The third kappa shape index (κ3) is 3.66. The number of ether oxygens (including phenoxy) is 2. The summed E-state index contributed by atoms with van der Waals surface area (Å²) >= 11 is 1.98. The van der Waals surface area contributed by atoms with Gasteiger partial charge in [0.15, 0.2) is 0 Å². The molecule has 0 radical (unpaired) electrons. The molecule has 0 aromatic carbocycles. The van der Waals surface area contributed by atoms with E-state index in [-0.39, 0.29) is 17.8 Å². The van der Waals surface area contributed by atoms with E-state index in [0.29, 0.717) is 18.4 Å². The number of thioether (sulfide) groups is 1. The molecule has 0 bridgehead atoms. The molecular formula is C15H28O3S. The molecule has 112 valence electrons. The van der Waals surface area contributed by atoms with E-state index >= 15 is 0 Å². The van der Waals surface area contributed by atoms with Gasteiger partial charge in [0.2, 0.25) is 0 Å². The molecule has 2 rings (SSSR count). The van der Waals surface area contributed by atoms with E-state index in [2.05, 4.69) is 13.8 Å². The van der Waals surface area contributed by atoms with Crippen LogP contribution in [-0.4, -0.2) is 47.6 Å². The quantitative estimate of drug-likeness (QED) is 0.844. The SMILES string of the molecule is CCOC(C(C)C)C(O)C1CCOC2(CCSC2)C1. The Balaban J connectivity index is 1.99. The molecule has 0 amide bonds. The molecule has 4 atom stereocenters. The zero-order valence-electron chi connectivity index (χ0n) is 12.4. The van der Waals surface area contributed by atoms with Gasteiger partial charge in [0.1, 0.15) is 0 Å². The van der Waals surface area contributed by atoms with Gasteiger partial charge in [-0.2, -0.15) is 11.8 Å². The van der Waals surface area contributed by atoms with Crippen LogP contribution in [-0.2, 0) is 9.47 Å². The molecule has 2 saturated heterocycles. The highest BCUT2D eigenvalue weighted by atomic mass is 32.2. The zero-order chi connectivity index (χ0) is 13.9. The zero-order valence-corrected chi connectivity index (χ0v) is 13.2. The lowest BCUT2D eigenvalue weighted by molar-refractivity contribution is -0.136. The Morgan fingerprint density at radius 1 is 1.47 bits per heavy atom. The number of rotatable bonds is 5. The summed E-state index contributed by atoms with van der Waals surface area (Å²) in [7, 11) is 0. The first kappa shape index (κ1) is 15.6. The van der Waals surface area contributed by atoms with Gasteiger partial charge in [0, 0.05) is 19.0 Å². The van der Waals surface area contributed by atoms with Crippen LogP contribution in [0.1, 0.15) is 40.0 Å². The van der Waals surface area contributed by atoms with Gasteiger partial charge < -0.3 is 14.6 Å². The predicted molar refractivity (Wildman–Crippen MR) is 79.6 cm³/mol. The number of aliphatic hydroxyl groups is 1. The third-order valence-corrected chi connectivity index (χ3v) is 5.66. The molecule has 4 heteroatoms. The molecule has 0 aliphatic carbocycles. The normalized spacial score (nSPS) is 34.9. The van der Waals surface area contributed by atoms with Crippen LogP contribution < -0.4 is 0 Å². The maximum atomic E-state index is 10.7. The Morgan fingerprint density at radius 2 is 2.26 bits per heavy atom. The Hall–Kier alpha value is 0.230. The van der Waals surface area contributed by atoms with Crippen molar-refractivity contribution in [3.8, 4) is 0 Å². The van der Waals surface area contributed by atoms with E-state index < -0.39 is 0 Å². The van der Waals surface area contributed by atoms with Gasteiger partial charge in [0.05, 0.1) is 17.8 Å². The second-order valence-electron chi connectivity index (χ2n) is 6.24. The third-order valence-electron chi connectivity index (χ3n) is 4.43. The van der Waals surface area contributed by atoms with E-state index in [0.717, 1.165) is 31.6 Å². The van der Waals surface area contributed by atoms with Crippen LogP contribution in [0.25, 0.3) is 0 Å². The van der Waals surface area contributed by atoms with Crippen molar-refractivity contribution >= 4 is 11.8 Å². The largest absolute Gasteiger partial charge is 0.390 e. The van der Waals surface area contributed by atoms with Gasteiger partial charge in [-0.15, -0.1) is 0 Å². The summed E-state index contributed by atoms with van der Waals surface area (Å²) < 4.78 is 11.8. The van der Waals surface area contributed by atoms with Crippen LogP contribution in [0.15, 0.2) is 0 Å². The summed E-state index contributed by atoms with van der Waals surface area (Å²) in [5.41, 5.74) is 0.0440. The van der Waals surface area contributed by atoms with Crippen molar-refractivity contribution in [2.75, 3.05) is 24.7 Å². The van der Waals surface area contributed by atoms with E-state index in [1.807, 2.05) is 18.7 Å². The van der Waals surface area contributed by atoms with Crippen molar-refractivity contribution in [2.45, 2.75) is 57.8 Å². The summed E-state index contributed by atoms with van der Waals surface area (Å²) in [5.74, 6) is 2.97. The van der Waals surface area contributed by atoms with Crippen molar-refractivity contribution in [2.24, 2.45) is 11.8 Å². The smallest absolute Gasteiger partial charge is 0.0859 e. The number of hydrogen-bond donors (Lipinski definition) is 1. The van der Waals surface area contributed by atoms with Crippen LogP contribution in [0.3, 0.4) is 0 Å². The van der Waals surface area contributed by atoms with Crippen molar-refractivity contribution in [3.05, 3.63) is 0 Å². The van der Waals surface area contributed by atoms with E-state index in [1.165, 1.54) is 5.75 Å². The first-order valence-corrected chi connectivity index (χ1v) is 8.75. The minimum atomic E-state index is -0.355. The summed E-state index contributed by atoms with van der Waals surface area (Å²) in [6, 6.07) is 0. The van der Waals surface area contributed by atoms with Gasteiger partial charge in [0.25, 0.3) is 0 Å². The molecule has 2 fully saturated rings. The lowest BCUT2D eigenvalue weighted by Gasteiger charge is -2.41. The maximum Gasteiger partial charge on any atom is 0.0859 e. The molecule has 19 heavy (non-hydrogen) atoms. The van der Waals surface area contributed by atoms with Crippen LogP contribution in [0.4, 0.5) is 0 Å². The second-order valence-corrected chi connectivity index (χ2v) is 7.35. The Morgan fingerprint density at radius 3 is 2.84 bits per heavy atom. The summed E-state index contributed by atoms with van der Waals surface area (Å²) in [4.78, 5) is 0.